The number of anilines is 1. The Kier molecular flexibility index (Phi) is 5.88. The quantitative estimate of drug-likeness (QED) is 0.889. The smallest absolute Gasteiger partial charge is 0.229 e. The summed E-state index contributed by atoms with van der Waals surface area (Å²) in [7, 11) is 0. The van der Waals surface area contributed by atoms with Crippen molar-refractivity contribution in [2.24, 2.45) is 17.6 Å². The Morgan fingerprint density at radius 2 is 2.18 bits per heavy atom. The molecule has 1 fully saturated rings. The summed E-state index contributed by atoms with van der Waals surface area (Å²) in [5, 5.41) is 5.42. The van der Waals surface area contributed by atoms with Crippen LogP contribution >= 0.6 is 23.7 Å². The van der Waals surface area contributed by atoms with Crippen LogP contribution in [0.4, 0.5) is 5.13 Å². The van der Waals surface area contributed by atoms with Gasteiger partial charge in [0.05, 0.1) is 0 Å². The number of carbonyl (C=O) groups is 1. The van der Waals surface area contributed by atoms with Crippen molar-refractivity contribution >= 4 is 34.8 Å². The van der Waals surface area contributed by atoms with Gasteiger partial charge >= 0.3 is 0 Å². The van der Waals surface area contributed by atoms with Crippen molar-refractivity contribution in [1.29, 1.82) is 0 Å². The van der Waals surface area contributed by atoms with Gasteiger partial charge in [0.1, 0.15) is 0 Å². The van der Waals surface area contributed by atoms with Crippen molar-refractivity contribution in [3.8, 4) is 0 Å². The summed E-state index contributed by atoms with van der Waals surface area (Å²) < 4.78 is 0. The lowest BCUT2D eigenvalue weighted by Crippen LogP contribution is -2.29. The monoisotopic (exact) mass is 275 g/mol. The largest absolute Gasteiger partial charge is 0.330 e. The molecule has 1 aliphatic carbocycles. The second kappa shape index (κ2) is 6.93. The predicted molar refractivity (Wildman–Crippen MR) is 72.5 cm³/mol. The van der Waals surface area contributed by atoms with Gasteiger partial charge in [-0.2, -0.15) is 0 Å². The molecule has 0 aromatic carbocycles. The van der Waals surface area contributed by atoms with Gasteiger partial charge in [0.2, 0.25) is 5.91 Å². The third-order valence-corrected chi connectivity index (χ3v) is 3.90. The number of halogens is 1. The van der Waals surface area contributed by atoms with Gasteiger partial charge in [-0.05, 0) is 38.1 Å². The lowest BCUT2D eigenvalue weighted by atomic mass is 9.82. The minimum atomic E-state index is 0. The number of amides is 1. The SMILES string of the molecule is Cl.NCC1CCC(C(=O)Nc2nccs2)CC1. The average molecular weight is 276 g/mol. The minimum absolute atomic E-state index is 0. The molecule has 6 heteroatoms. The molecule has 1 heterocycles. The summed E-state index contributed by atoms with van der Waals surface area (Å²) in [6, 6.07) is 0. The number of hydrogen-bond donors (Lipinski definition) is 2. The molecule has 0 spiro atoms. The molecule has 1 amide bonds. The standard InChI is InChI=1S/C11H17N3OS.ClH/c12-7-8-1-3-9(4-2-8)10(15)14-11-13-5-6-16-11;/h5-6,8-9H,1-4,7,12H2,(H,13,14,15);1H. The fourth-order valence-electron chi connectivity index (χ4n) is 2.15. The Labute approximate surface area is 111 Å². The molecule has 0 atom stereocenters. The molecule has 1 aromatic heterocycles. The van der Waals surface area contributed by atoms with Crippen LogP contribution in [0.1, 0.15) is 25.7 Å². The Morgan fingerprint density at radius 3 is 2.71 bits per heavy atom. The topological polar surface area (TPSA) is 68.0 Å². The van der Waals surface area contributed by atoms with Crippen molar-refractivity contribution in [3.63, 3.8) is 0 Å². The molecule has 0 bridgehead atoms. The summed E-state index contributed by atoms with van der Waals surface area (Å²) in [5.41, 5.74) is 5.63. The lowest BCUT2D eigenvalue weighted by Gasteiger charge is -2.26. The van der Waals surface area contributed by atoms with Crippen molar-refractivity contribution in [2.75, 3.05) is 11.9 Å². The van der Waals surface area contributed by atoms with Crippen LogP contribution in [0.3, 0.4) is 0 Å². The first-order valence-corrected chi connectivity index (χ1v) is 6.58. The number of thiazole rings is 1. The number of hydrogen-bond acceptors (Lipinski definition) is 4. The fourth-order valence-corrected chi connectivity index (χ4v) is 2.68. The molecular formula is C11H18ClN3OS. The van der Waals surface area contributed by atoms with Crippen molar-refractivity contribution in [1.82, 2.24) is 4.98 Å². The number of rotatable bonds is 3. The van der Waals surface area contributed by atoms with Gasteiger partial charge in [0.25, 0.3) is 0 Å². The molecule has 1 aliphatic rings. The highest BCUT2D eigenvalue weighted by atomic mass is 35.5. The van der Waals surface area contributed by atoms with Gasteiger partial charge in [-0.25, -0.2) is 4.98 Å². The first-order valence-electron chi connectivity index (χ1n) is 5.70. The van der Waals surface area contributed by atoms with Crippen LogP contribution in [0, 0.1) is 11.8 Å². The third kappa shape index (κ3) is 3.94. The highest BCUT2D eigenvalue weighted by Crippen LogP contribution is 2.29. The van der Waals surface area contributed by atoms with Crippen LogP contribution in [0.2, 0.25) is 0 Å². The molecule has 0 unspecified atom stereocenters. The van der Waals surface area contributed by atoms with Gasteiger partial charge < -0.3 is 11.1 Å². The molecule has 3 N–H and O–H groups in total. The van der Waals surface area contributed by atoms with Gasteiger partial charge in [-0.1, -0.05) is 0 Å². The van der Waals surface area contributed by atoms with Gasteiger partial charge in [0.15, 0.2) is 5.13 Å². The van der Waals surface area contributed by atoms with E-state index in [1.165, 1.54) is 11.3 Å². The normalized spacial score (nSPS) is 23.8. The summed E-state index contributed by atoms with van der Waals surface area (Å²) in [6.45, 7) is 0.751. The van der Waals surface area contributed by atoms with E-state index >= 15 is 0 Å². The van der Waals surface area contributed by atoms with Crippen LogP contribution in [0.15, 0.2) is 11.6 Å². The highest BCUT2D eigenvalue weighted by Gasteiger charge is 2.25. The van der Waals surface area contributed by atoms with Gasteiger partial charge in [-0.15, -0.1) is 23.7 Å². The molecule has 1 aromatic rings. The van der Waals surface area contributed by atoms with E-state index in [2.05, 4.69) is 10.3 Å². The van der Waals surface area contributed by atoms with E-state index in [1.54, 1.807) is 6.20 Å². The first-order chi connectivity index (χ1) is 7.79. The van der Waals surface area contributed by atoms with Gasteiger partial charge in [-0.3, -0.25) is 4.79 Å². The van der Waals surface area contributed by atoms with E-state index in [0.717, 1.165) is 32.2 Å². The van der Waals surface area contributed by atoms with Crippen LogP contribution in [0.5, 0.6) is 0 Å². The second-order valence-corrected chi connectivity index (χ2v) is 5.17. The number of nitrogens with one attached hydrogen (secondary N) is 1. The van der Waals surface area contributed by atoms with Crippen molar-refractivity contribution in [3.05, 3.63) is 11.6 Å². The Balaban J connectivity index is 0.00000144. The summed E-state index contributed by atoms with van der Waals surface area (Å²) in [6.07, 6.45) is 5.77. The molecule has 0 aliphatic heterocycles. The zero-order valence-corrected chi connectivity index (χ0v) is 11.2. The molecule has 2 rings (SSSR count). The molecule has 0 saturated heterocycles. The summed E-state index contributed by atoms with van der Waals surface area (Å²) in [4.78, 5) is 15.9. The molecule has 0 radical (unpaired) electrons. The van der Waals surface area contributed by atoms with E-state index in [4.69, 9.17) is 5.73 Å². The third-order valence-electron chi connectivity index (χ3n) is 3.21. The zero-order chi connectivity index (χ0) is 11.4. The van der Waals surface area contributed by atoms with Crippen LogP contribution in [0.25, 0.3) is 0 Å². The maximum absolute atomic E-state index is 11.9. The molecule has 1 saturated carbocycles. The Morgan fingerprint density at radius 1 is 1.47 bits per heavy atom. The molecule has 4 nitrogen and oxygen atoms in total. The summed E-state index contributed by atoms with van der Waals surface area (Å²) >= 11 is 1.46. The number of nitrogens with two attached hydrogens (primary N) is 1. The zero-order valence-electron chi connectivity index (χ0n) is 9.59. The van der Waals surface area contributed by atoms with E-state index in [1.807, 2.05) is 5.38 Å². The van der Waals surface area contributed by atoms with E-state index in [-0.39, 0.29) is 24.2 Å². The summed E-state index contributed by atoms with van der Waals surface area (Å²) in [5.74, 6) is 0.876. The van der Waals surface area contributed by atoms with E-state index in [9.17, 15) is 4.79 Å². The molecular weight excluding hydrogens is 258 g/mol. The molecule has 17 heavy (non-hydrogen) atoms. The lowest BCUT2D eigenvalue weighted by molar-refractivity contribution is -0.121. The Bertz CT molecular complexity index is 336. The Hall–Kier alpha value is -0.650. The van der Waals surface area contributed by atoms with Gasteiger partial charge in [0, 0.05) is 17.5 Å². The number of nitrogens with zero attached hydrogens (tertiary/aromatic N) is 1. The maximum Gasteiger partial charge on any atom is 0.229 e. The average Bonchev–Trinajstić information content (AvgIpc) is 2.82. The van der Waals surface area contributed by atoms with E-state index in [0.29, 0.717) is 11.0 Å². The first kappa shape index (κ1) is 14.4. The predicted octanol–water partition coefficient (Wildman–Crippen LogP) is 2.27. The number of carbonyl (C=O) groups excluding carboxylic acids is 1. The van der Waals surface area contributed by atoms with Crippen LogP contribution in [-0.4, -0.2) is 17.4 Å². The minimum Gasteiger partial charge on any atom is -0.330 e. The van der Waals surface area contributed by atoms with Crippen molar-refractivity contribution < 1.29 is 4.79 Å². The highest BCUT2D eigenvalue weighted by molar-refractivity contribution is 7.13. The van der Waals surface area contributed by atoms with Crippen LogP contribution in [-0.2, 0) is 4.79 Å². The van der Waals surface area contributed by atoms with E-state index < -0.39 is 0 Å². The van der Waals surface area contributed by atoms with Crippen LogP contribution < -0.4 is 11.1 Å². The number of aromatic nitrogens is 1. The fraction of sp³-hybridized carbons (Fsp3) is 0.636. The maximum atomic E-state index is 11.9. The van der Waals surface area contributed by atoms with Crippen molar-refractivity contribution in [2.45, 2.75) is 25.7 Å². The second-order valence-electron chi connectivity index (χ2n) is 4.28. The molecule has 96 valence electrons.